The van der Waals surface area contributed by atoms with Crippen LogP contribution in [0.5, 0.6) is 11.5 Å². The van der Waals surface area contributed by atoms with E-state index < -0.39 is 5.97 Å². The maximum absolute atomic E-state index is 10.4. The molecule has 0 spiro atoms. The molecule has 1 aromatic carbocycles. The fourth-order valence-electron chi connectivity index (χ4n) is 1.24. The van der Waals surface area contributed by atoms with E-state index in [-0.39, 0.29) is 6.42 Å². The molecular formula is C10H10BrO4-. The SMILES string of the molecule is COc1cc(CC(=O)[O-])cc(Br)c1OC. The summed E-state index contributed by atoms with van der Waals surface area (Å²) in [5.74, 6) is -0.100. The van der Waals surface area contributed by atoms with Gasteiger partial charge in [-0.3, -0.25) is 0 Å². The van der Waals surface area contributed by atoms with E-state index in [1.54, 1.807) is 12.1 Å². The molecule has 0 saturated carbocycles. The molecule has 1 aromatic rings. The first-order valence-electron chi connectivity index (χ1n) is 4.18. The van der Waals surface area contributed by atoms with Gasteiger partial charge in [0, 0.05) is 12.4 Å². The molecule has 0 N–H and O–H groups in total. The molecule has 0 fully saturated rings. The molecule has 0 aliphatic heterocycles. The molecule has 5 heteroatoms. The lowest BCUT2D eigenvalue weighted by atomic mass is 10.1. The second-order valence-electron chi connectivity index (χ2n) is 2.86. The Morgan fingerprint density at radius 2 is 2.07 bits per heavy atom. The number of aliphatic carboxylic acids is 1. The fourth-order valence-corrected chi connectivity index (χ4v) is 1.89. The van der Waals surface area contributed by atoms with E-state index in [0.29, 0.717) is 21.5 Å². The second kappa shape index (κ2) is 5.02. The van der Waals surface area contributed by atoms with Gasteiger partial charge in [0.05, 0.1) is 18.7 Å². The third-order valence-corrected chi connectivity index (χ3v) is 2.43. The van der Waals surface area contributed by atoms with Crippen molar-refractivity contribution in [3.63, 3.8) is 0 Å². The van der Waals surface area contributed by atoms with Gasteiger partial charge in [-0.1, -0.05) is 0 Å². The maximum atomic E-state index is 10.4. The number of carboxylic acid groups (broad SMARTS) is 1. The van der Waals surface area contributed by atoms with Gasteiger partial charge in [0.2, 0.25) is 0 Å². The monoisotopic (exact) mass is 273 g/mol. The van der Waals surface area contributed by atoms with Crippen LogP contribution in [0.2, 0.25) is 0 Å². The molecule has 0 unspecified atom stereocenters. The summed E-state index contributed by atoms with van der Waals surface area (Å²) in [5, 5.41) is 10.4. The average Bonchev–Trinajstić information content (AvgIpc) is 2.15. The number of carbonyl (C=O) groups is 1. The van der Waals surface area contributed by atoms with Crippen molar-refractivity contribution in [2.45, 2.75) is 6.42 Å². The van der Waals surface area contributed by atoms with Crippen molar-refractivity contribution in [2.24, 2.45) is 0 Å². The third-order valence-electron chi connectivity index (χ3n) is 1.84. The van der Waals surface area contributed by atoms with Crippen LogP contribution in [-0.4, -0.2) is 20.2 Å². The Kier molecular flexibility index (Phi) is 3.96. The summed E-state index contributed by atoms with van der Waals surface area (Å²) in [6, 6.07) is 3.27. The summed E-state index contributed by atoms with van der Waals surface area (Å²) in [5.41, 5.74) is 0.597. The summed E-state index contributed by atoms with van der Waals surface area (Å²) >= 11 is 3.27. The molecule has 0 bridgehead atoms. The molecule has 0 aliphatic carbocycles. The summed E-state index contributed by atoms with van der Waals surface area (Å²) in [6.07, 6.45) is -0.154. The standard InChI is InChI=1S/C10H11BrO4/c1-14-8-4-6(5-9(12)13)3-7(11)10(8)15-2/h3-4H,5H2,1-2H3,(H,12,13)/p-1. The van der Waals surface area contributed by atoms with Gasteiger partial charge >= 0.3 is 0 Å². The van der Waals surface area contributed by atoms with Crippen molar-refractivity contribution >= 4 is 21.9 Å². The zero-order chi connectivity index (χ0) is 11.4. The Morgan fingerprint density at radius 1 is 1.40 bits per heavy atom. The van der Waals surface area contributed by atoms with Gasteiger partial charge in [-0.25, -0.2) is 0 Å². The Bertz CT molecular complexity index is 376. The second-order valence-corrected chi connectivity index (χ2v) is 3.72. The quantitative estimate of drug-likeness (QED) is 0.813. The molecule has 0 radical (unpaired) electrons. The largest absolute Gasteiger partial charge is 0.550 e. The number of hydrogen-bond donors (Lipinski definition) is 0. The van der Waals surface area contributed by atoms with Crippen molar-refractivity contribution in [1.82, 2.24) is 0 Å². The van der Waals surface area contributed by atoms with Gasteiger partial charge in [-0.05, 0) is 33.6 Å². The lowest BCUT2D eigenvalue weighted by molar-refractivity contribution is -0.304. The van der Waals surface area contributed by atoms with Crippen molar-refractivity contribution in [3.05, 3.63) is 22.2 Å². The molecule has 0 atom stereocenters. The van der Waals surface area contributed by atoms with Crippen molar-refractivity contribution in [1.29, 1.82) is 0 Å². The number of rotatable bonds is 4. The molecule has 4 nitrogen and oxygen atoms in total. The fraction of sp³-hybridized carbons (Fsp3) is 0.300. The number of hydrogen-bond acceptors (Lipinski definition) is 4. The van der Waals surface area contributed by atoms with Gasteiger partial charge in [0.15, 0.2) is 11.5 Å². The molecule has 0 aliphatic rings. The normalized spacial score (nSPS) is 9.80. The van der Waals surface area contributed by atoms with E-state index in [2.05, 4.69) is 15.9 Å². The van der Waals surface area contributed by atoms with Crippen LogP contribution in [0, 0.1) is 0 Å². The first kappa shape index (κ1) is 11.8. The minimum atomic E-state index is -1.13. The zero-order valence-corrected chi connectivity index (χ0v) is 9.96. The minimum absolute atomic E-state index is 0.154. The van der Waals surface area contributed by atoms with Gasteiger partial charge in [0.1, 0.15) is 0 Å². The van der Waals surface area contributed by atoms with E-state index in [0.717, 1.165) is 0 Å². The summed E-state index contributed by atoms with van der Waals surface area (Å²) < 4.78 is 10.8. The number of ether oxygens (including phenoxy) is 2. The van der Waals surface area contributed by atoms with E-state index in [1.165, 1.54) is 14.2 Å². The van der Waals surface area contributed by atoms with Gasteiger partial charge in [0.25, 0.3) is 0 Å². The number of halogens is 1. The van der Waals surface area contributed by atoms with Crippen LogP contribution >= 0.6 is 15.9 Å². The first-order chi connectivity index (χ1) is 7.08. The van der Waals surface area contributed by atoms with Gasteiger partial charge < -0.3 is 19.4 Å². The molecule has 0 amide bonds. The van der Waals surface area contributed by atoms with Crippen LogP contribution in [0.3, 0.4) is 0 Å². The van der Waals surface area contributed by atoms with Crippen molar-refractivity contribution in [3.8, 4) is 11.5 Å². The van der Waals surface area contributed by atoms with Crippen LogP contribution in [0.1, 0.15) is 5.56 Å². The van der Waals surface area contributed by atoms with Crippen LogP contribution in [-0.2, 0) is 11.2 Å². The smallest absolute Gasteiger partial charge is 0.174 e. The van der Waals surface area contributed by atoms with E-state index in [4.69, 9.17) is 9.47 Å². The Balaban J connectivity index is 3.13. The highest BCUT2D eigenvalue weighted by molar-refractivity contribution is 9.10. The molecule has 0 aromatic heterocycles. The van der Waals surface area contributed by atoms with Gasteiger partial charge in [-0.2, -0.15) is 0 Å². The number of carboxylic acids is 1. The van der Waals surface area contributed by atoms with Crippen LogP contribution in [0.15, 0.2) is 16.6 Å². The van der Waals surface area contributed by atoms with Crippen molar-refractivity contribution < 1.29 is 19.4 Å². The molecule has 15 heavy (non-hydrogen) atoms. The van der Waals surface area contributed by atoms with Crippen LogP contribution in [0.25, 0.3) is 0 Å². The molecule has 82 valence electrons. The van der Waals surface area contributed by atoms with Crippen LogP contribution < -0.4 is 14.6 Å². The topological polar surface area (TPSA) is 58.6 Å². The number of benzene rings is 1. The Labute approximate surface area is 95.9 Å². The minimum Gasteiger partial charge on any atom is -0.550 e. The zero-order valence-electron chi connectivity index (χ0n) is 8.37. The molecular weight excluding hydrogens is 264 g/mol. The van der Waals surface area contributed by atoms with E-state index in [1.807, 2.05) is 0 Å². The third kappa shape index (κ3) is 2.86. The lowest BCUT2D eigenvalue weighted by Crippen LogP contribution is -2.24. The number of carbonyl (C=O) groups excluding carboxylic acids is 1. The highest BCUT2D eigenvalue weighted by Gasteiger charge is 2.10. The van der Waals surface area contributed by atoms with Crippen LogP contribution in [0.4, 0.5) is 0 Å². The summed E-state index contributed by atoms with van der Waals surface area (Å²) in [6.45, 7) is 0. The molecule has 0 heterocycles. The predicted molar refractivity (Wildman–Crippen MR) is 56.0 cm³/mol. The molecule has 1 rings (SSSR count). The Morgan fingerprint density at radius 3 is 2.53 bits per heavy atom. The highest BCUT2D eigenvalue weighted by atomic mass is 79.9. The van der Waals surface area contributed by atoms with E-state index >= 15 is 0 Å². The summed E-state index contributed by atoms with van der Waals surface area (Å²) in [4.78, 5) is 10.4. The highest BCUT2D eigenvalue weighted by Crippen LogP contribution is 2.36. The van der Waals surface area contributed by atoms with Gasteiger partial charge in [-0.15, -0.1) is 0 Å². The predicted octanol–water partition coefficient (Wildman–Crippen LogP) is 0.759. The first-order valence-corrected chi connectivity index (χ1v) is 4.98. The number of methoxy groups -OCH3 is 2. The molecule has 0 saturated heterocycles. The lowest BCUT2D eigenvalue weighted by Gasteiger charge is -2.12. The average molecular weight is 274 g/mol. The Hall–Kier alpha value is -1.23. The summed E-state index contributed by atoms with van der Waals surface area (Å²) in [7, 11) is 3.01. The van der Waals surface area contributed by atoms with E-state index in [9.17, 15) is 9.90 Å². The van der Waals surface area contributed by atoms with Crippen molar-refractivity contribution in [2.75, 3.05) is 14.2 Å². The maximum Gasteiger partial charge on any atom is 0.174 e.